The monoisotopic (exact) mass is 353 g/mol. The van der Waals surface area contributed by atoms with Crippen molar-refractivity contribution in [3.05, 3.63) is 46.7 Å². The van der Waals surface area contributed by atoms with Gasteiger partial charge in [-0.25, -0.2) is 0 Å². The lowest BCUT2D eigenvalue weighted by Gasteiger charge is -2.42. The summed E-state index contributed by atoms with van der Waals surface area (Å²) in [7, 11) is 0. The molecule has 0 saturated heterocycles. The number of amides is 2. The van der Waals surface area contributed by atoms with Crippen molar-refractivity contribution in [3.8, 4) is 0 Å². The summed E-state index contributed by atoms with van der Waals surface area (Å²) in [5.74, 6) is 0.00126. The van der Waals surface area contributed by atoms with E-state index >= 15 is 0 Å². The predicted molar refractivity (Wildman–Crippen MR) is 100 cm³/mol. The van der Waals surface area contributed by atoms with Crippen molar-refractivity contribution >= 4 is 11.8 Å². The number of fused-ring (bicyclic) bond motifs is 1. The van der Waals surface area contributed by atoms with Crippen LogP contribution in [0, 0.1) is 0 Å². The minimum Gasteiger partial charge on any atom is -0.382 e. The summed E-state index contributed by atoms with van der Waals surface area (Å²) in [6.07, 6.45) is 5.21. The zero-order valence-corrected chi connectivity index (χ0v) is 15.5. The quantitative estimate of drug-likeness (QED) is 0.858. The van der Waals surface area contributed by atoms with Gasteiger partial charge in [0.2, 0.25) is 5.91 Å². The van der Waals surface area contributed by atoms with Gasteiger partial charge in [-0.2, -0.15) is 0 Å². The van der Waals surface area contributed by atoms with E-state index in [4.69, 9.17) is 0 Å². The van der Waals surface area contributed by atoms with Crippen LogP contribution in [0.25, 0.3) is 0 Å². The third kappa shape index (κ3) is 2.70. The van der Waals surface area contributed by atoms with Crippen LogP contribution in [0.4, 0.5) is 0 Å². The second kappa shape index (κ2) is 6.78. The summed E-state index contributed by atoms with van der Waals surface area (Å²) in [5.41, 5.74) is 3.99. The van der Waals surface area contributed by atoms with E-state index in [0.29, 0.717) is 6.54 Å². The molecule has 0 aromatic heterocycles. The molecular weight excluding hydrogens is 326 g/mol. The molecule has 1 aromatic carbocycles. The highest BCUT2D eigenvalue weighted by Crippen LogP contribution is 2.41. The molecule has 1 aromatic rings. The van der Waals surface area contributed by atoms with Crippen LogP contribution in [0.15, 0.2) is 35.5 Å². The van der Waals surface area contributed by atoms with E-state index in [1.165, 1.54) is 12.0 Å². The van der Waals surface area contributed by atoms with Gasteiger partial charge in [-0.15, -0.1) is 0 Å². The lowest BCUT2D eigenvalue weighted by atomic mass is 9.86. The topological polar surface area (TPSA) is 61.4 Å². The summed E-state index contributed by atoms with van der Waals surface area (Å²) in [6, 6.07) is 8.29. The van der Waals surface area contributed by atoms with Crippen molar-refractivity contribution < 1.29 is 9.59 Å². The van der Waals surface area contributed by atoms with Crippen LogP contribution in [-0.2, 0) is 16.0 Å². The van der Waals surface area contributed by atoms with Crippen molar-refractivity contribution in [3.63, 3.8) is 0 Å². The first kappa shape index (κ1) is 17.1. The SMILES string of the molecule is CCc1ccccc1[C@@H]1C2=C(CNC2=O)N[C@@H]2CCCC[C@H]2N1C(C)=O. The summed E-state index contributed by atoms with van der Waals surface area (Å²) in [6.45, 7) is 4.30. The first-order valence-corrected chi connectivity index (χ1v) is 9.76. The van der Waals surface area contributed by atoms with Gasteiger partial charge in [-0.3, -0.25) is 9.59 Å². The molecule has 2 aliphatic heterocycles. The van der Waals surface area contributed by atoms with Crippen LogP contribution in [-0.4, -0.2) is 35.3 Å². The van der Waals surface area contributed by atoms with Crippen molar-refractivity contribution in [1.82, 2.24) is 15.5 Å². The number of nitrogens with one attached hydrogen (secondary N) is 2. The Kier molecular flexibility index (Phi) is 4.47. The molecule has 0 unspecified atom stereocenters. The molecule has 1 aliphatic carbocycles. The molecule has 5 nitrogen and oxygen atoms in total. The van der Waals surface area contributed by atoms with Crippen LogP contribution in [0.2, 0.25) is 0 Å². The molecule has 2 amide bonds. The Morgan fingerprint density at radius 3 is 2.77 bits per heavy atom. The zero-order chi connectivity index (χ0) is 18.3. The number of carbonyl (C=O) groups excluding carboxylic acids is 2. The Labute approximate surface area is 154 Å². The number of carbonyl (C=O) groups is 2. The van der Waals surface area contributed by atoms with Crippen LogP contribution >= 0.6 is 0 Å². The average Bonchev–Trinajstić information content (AvgIpc) is 2.92. The molecule has 26 heavy (non-hydrogen) atoms. The summed E-state index contributed by atoms with van der Waals surface area (Å²) in [5, 5.41) is 6.60. The van der Waals surface area contributed by atoms with Gasteiger partial charge in [0.1, 0.15) is 0 Å². The smallest absolute Gasteiger partial charge is 0.251 e. The fourth-order valence-corrected chi connectivity index (χ4v) is 4.92. The van der Waals surface area contributed by atoms with Crippen molar-refractivity contribution in [2.75, 3.05) is 6.54 Å². The number of hydrogen-bond donors (Lipinski definition) is 2. The highest BCUT2D eigenvalue weighted by atomic mass is 16.2. The molecule has 1 saturated carbocycles. The second-order valence-corrected chi connectivity index (χ2v) is 7.56. The molecule has 5 heteroatoms. The first-order valence-electron chi connectivity index (χ1n) is 9.76. The summed E-state index contributed by atoms with van der Waals surface area (Å²) >= 11 is 0. The number of aryl methyl sites for hydroxylation is 1. The molecule has 2 N–H and O–H groups in total. The molecule has 0 radical (unpaired) electrons. The van der Waals surface area contributed by atoms with E-state index in [2.05, 4.69) is 29.7 Å². The molecule has 1 fully saturated rings. The molecule has 3 atom stereocenters. The maximum absolute atomic E-state index is 12.8. The highest BCUT2D eigenvalue weighted by Gasteiger charge is 2.45. The van der Waals surface area contributed by atoms with E-state index in [1.807, 2.05) is 17.0 Å². The highest BCUT2D eigenvalue weighted by molar-refractivity contribution is 5.99. The Hall–Kier alpha value is -2.30. The van der Waals surface area contributed by atoms with Gasteiger partial charge in [0, 0.05) is 18.7 Å². The summed E-state index contributed by atoms with van der Waals surface area (Å²) < 4.78 is 0. The van der Waals surface area contributed by atoms with Crippen molar-refractivity contribution in [1.29, 1.82) is 0 Å². The third-order valence-electron chi connectivity index (χ3n) is 6.09. The maximum atomic E-state index is 12.8. The lowest BCUT2D eigenvalue weighted by Crippen LogP contribution is -2.53. The molecular formula is C21H27N3O2. The van der Waals surface area contributed by atoms with Gasteiger partial charge >= 0.3 is 0 Å². The number of hydrogen-bond acceptors (Lipinski definition) is 3. The molecule has 3 aliphatic rings. The Balaban J connectivity index is 1.91. The van der Waals surface area contributed by atoms with Crippen LogP contribution in [0.1, 0.15) is 56.7 Å². The average molecular weight is 353 g/mol. The van der Waals surface area contributed by atoms with Gasteiger partial charge in [0.05, 0.1) is 24.2 Å². The van der Waals surface area contributed by atoms with E-state index < -0.39 is 0 Å². The second-order valence-electron chi connectivity index (χ2n) is 7.56. The first-order chi connectivity index (χ1) is 12.6. The molecule has 0 bridgehead atoms. The van der Waals surface area contributed by atoms with E-state index in [-0.39, 0.29) is 29.9 Å². The van der Waals surface area contributed by atoms with Crippen molar-refractivity contribution in [2.45, 2.75) is 64.1 Å². The Bertz CT molecular complexity index is 770. The molecule has 2 heterocycles. The predicted octanol–water partition coefficient (Wildman–Crippen LogP) is 2.44. The third-order valence-corrected chi connectivity index (χ3v) is 6.09. The maximum Gasteiger partial charge on any atom is 0.251 e. The Morgan fingerprint density at radius 1 is 1.23 bits per heavy atom. The van der Waals surface area contributed by atoms with Crippen LogP contribution < -0.4 is 10.6 Å². The molecule has 0 spiro atoms. The van der Waals surface area contributed by atoms with Crippen LogP contribution in [0.5, 0.6) is 0 Å². The van der Waals surface area contributed by atoms with Gasteiger partial charge in [-0.05, 0) is 30.4 Å². The molecule has 4 rings (SSSR count). The fraction of sp³-hybridized carbons (Fsp3) is 0.524. The zero-order valence-electron chi connectivity index (χ0n) is 15.5. The van der Waals surface area contributed by atoms with Gasteiger partial charge in [0.25, 0.3) is 5.91 Å². The number of rotatable bonds is 2. The minimum absolute atomic E-state index is 0.0479. The Morgan fingerprint density at radius 2 is 2.00 bits per heavy atom. The number of nitrogens with zero attached hydrogens (tertiary/aromatic N) is 1. The minimum atomic E-state index is -0.304. The van der Waals surface area contributed by atoms with Crippen LogP contribution in [0.3, 0.4) is 0 Å². The van der Waals surface area contributed by atoms with E-state index in [1.54, 1.807) is 6.92 Å². The van der Waals surface area contributed by atoms with Gasteiger partial charge in [0.15, 0.2) is 0 Å². The number of benzene rings is 1. The lowest BCUT2D eigenvalue weighted by molar-refractivity contribution is -0.134. The standard InChI is InChI=1S/C21H27N3O2/c1-3-14-8-4-5-9-15(14)20-19-17(12-22-21(19)26)23-16-10-6-7-11-18(16)24(20)13(2)25/h4-5,8-9,16,18,20,23H,3,6-7,10-12H2,1-2H3,(H,22,26)/t16-,18-,20-/m1/s1. The fourth-order valence-electron chi connectivity index (χ4n) is 4.92. The van der Waals surface area contributed by atoms with E-state index in [9.17, 15) is 9.59 Å². The normalized spacial score (nSPS) is 28.0. The molecule has 138 valence electrons. The largest absolute Gasteiger partial charge is 0.382 e. The van der Waals surface area contributed by atoms with E-state index in [0.717, 1.165) is 42.5 Å². The van der Waals surface area contributed by atoms with Crippen molar-refractivity contribution in [2.24, 2.45) is 0 Å². The summed E-state index contributed by atoms with van der Waals surface area (Å²) in [4.78, 5) is 27.6. The van der Waals surface area contributed by atoms with Gasteiger partial charge < -0.3 is 15.5 Å². The van der Waals surface area contributed by atoms with Gasteiger partial charge in [-0.1, -0.05) is 44.0 Å².